The largest absolute Gasteiger partial charge is 0.348 e. The maximum atomic E-state index is 11.3. The van der Waals surface area contributed by atoms with E-state index in [0.717, 1.165) is 13.0 Å². The maximum Gasteiger partial charge on any atom is 0.236 e. The molecule has 0 spiro atoms. The second-order valence-electron chi connectivity index (χ2n) is 3.83. The van der Waals surface area contributed by atoms with E-state index in [9.17, 15) is 9.59 Å². The molecule has 14 heavy (non-hydrogen) atoms. The summed E-state index contributed by atoms with van der Waals surface area (Å²) in [6.45, 7) is 2.80. The highest BCUT2D eigenvalue weighted by molar-refractivity contribution is 5.77. The van der Waals surface area contributed by atoms with Gasteiger partial charge >= 0.3 is 0 Å². The van der Waals surface area contributed by atoms with Gasteiger partial charge in [0.15, 0.2) is 0 Å². The smallest absolute Gasteiger partial charge is 0.236 e. The van der Waals surface area contributed by atoms with Crippen LogP contribution in [-0.4, -0.2) is 55.7 Å². The molecule has 0 heterocycles. The van der Waals surface area contributed by atoms with Crippen molar-refractivity contribution in [1.82, 2.24) is 9.80 Å². The first-order valence-corrected chi connectivity index (χ1v) is 4.81. The molecule has 0 rings (SSSR count). The van der Waals surface area contributed by atoms with Crippen molar-refractivity contribution in [1.29, 1.82) is 0 Å². The summed E-state index contributed by atoms with van der Waals surface area (Å²) in [5, 5.41) is 0. The van der Waals surface area contributed by atoms with Crippen LogP contribution in [0.4, 0.5) is 0 Å². The third-order valence-electron chi connectivity index (χ3n) is 1.97. The number of carbonyl (C=O) groups excluding carboxylic acids is 2. The molecular formula is C10H20N2O2. The molecule has 0 atom stereocenters. The zero-order chi connectivity index (χ0) is 11.1. The third kappa shape index (κ3) is 6.60. The Labute approximate surface area is 85.9 Å². The lowest BCUT2D eigenvalue weighted by Crippen LogP contribution is -2.34. The number of likely N-dealkylation sites (N-methyl/N-ethyl adjacent to an activating group) is 2. The highest BCUT2D eigenvalue weighted by Gasteiger charge is 2.07. The van der Waals surface area contributed by atoms with Crippen LogP contribution in [0.1, 0.15) is 19.8 Å². The standard InChI is InChI=1S/C10H20N2O2/c1-9(13)6-5-7-12(4)8-10(14)11(2)3/h5-8H2,1-4H3. The normalized spacial score (nSPS) is 10.4. The Morgan fingerprint density at radius 3 is 2.14 bits per heavy atom. The van der Waals surface area contributed by atoms with Gasteiger partial charge in [0.2, 0.25) is 5.91 Å². The topological polar surface area (TPSA) is 40.6 Å². The van der Waals surface area contributed by atoms with Gasteiger partial charge in [-0.15, -0.1) is 0 Å². The summed E-state index contributed by atoms with van der Waals surface area (Å²) in [7, 11) is 5.37. The molecule has 0 saturated carbocycles. The monoisotopic (exact) mass is 200 g/mol. The highest BCUT2D eigenvalue weighted by atomic mass is 16.2. The van der Waals surface area contributed by atoms with Crippen molar-refractivity contribution in [2.75, 3.05) is 34.2 Å². The van der Waals surface area contributed by atoms with Crippen molar-refractivity contribution in [3.05, 3.63) is 0 Å². The van der Waals surface area contributed by atoms with E-state index in [-0.39, 0.29) is 11.7 Å². The molecule has 0 bridgehead atoms. The van der Waals surface area contributed by atoms with Gasteiger partial charge in [-0.1, -0.05) is 0 Å². The molecule has 82 valence electrons. The van der Waals surface area contributed by atoms with Crippen molar-refractivity contribution in [3.63, 3.8) is 0 Å². The van der Waals surface area contributed by atoms with E-state index in [2.05, 4.69) is 0 Å². The van der Waals surface area contributed by atoms with Crippen LogP contribution < -0.4 is 0 Å². The van der Waals surface area contributed by atoms with Crippen LogP contribution in [0.2, 0.25) is 0 Å². The van der Waals surface area contributed by atoms with Gasteiger partial charge in [0.1, 0.15) is 5.78 Å². The summed E-state index contributed by atoms with van der Waals surface area (Å²) in [5.74, 6) is 0.299. The van der Waals surface area contributed by atoms with Crippen LogP contribution in [0.25, 0.3) is 0 Å². The van der Waals surface area contributed by atoms with Crippen LogP contribution in [0.15, 0.2) is 0 Å². The fourth-order valence-corrected chi connectivity index (χ4v) is 1.05. The Morgan fingerprint density at radius 2 is 1.71 bits per heavy atom. The molecule has 4 heteroatoms. The Balaban J connectivity index is 3.60. The summed E-state index contributed by atoms with van der Waals surface area (Å²) < 4.78 is 0. The number of rotatable bonds is 6. The first kappa shape index (κ1) is 13.1. The molecule has 0 radical (unpaired) electrons. The lowest BCUT2D eigenvalue weighted by atomic mass is 10.2. The van der Waals surface area contributed by atoms with Crippen molar-refractivity contribution in [2.24, 2.45) is 0 Å². The molecule has 4 nitrogen and oxygen atoms in total. The summed E-state index contributed by atoms with van der Waals surface area (Å²) >= 11 is 0. The SMILES string of the molecule is CC(=O)CCCN(C)CC(=O)N(C)C. The third-order valence-corrected chi connectivity index (χ3v) is 1.97. The summed E-state index contributed by atoms with van der Waals surface area (Å²) in [4.78, 5) is 25.4. The number of carbonyl (C=O) groups is 2. The second-order valence-corrected chi connectivity index (χ2v) is 3.83. The fraction of sp³-hybridized carbons (Fsp3) is 0.800. The zero-order valence-electron chi connectivity index (χ0n) is 9.54. The fourth-order valence-electron chi connectivity index (χ4n) is 1.05. The molecule has 0 saturated heterocycles. The van der Waals surface area contributed by atoms with Gasteiger partial charge in [0.25, 0.3) is 0 Å². The summed E-state index contributed by atoms with van der Waals surface area (Å²) in [5.41, 5.74) is 0. The van der Waals surface area contributed by atoms with Crippen molar-refractivity contribution in [3.8, 4) is 0 Å². The molecule has 0 aromatic heterocycles. The number of hydrogen-bond donors (Lipinski definition) is 0. The van der Waals surface area contributed by atoms with E-state index in [1.165, 1.54) is 0 Å². The van der Waals surface area contributed by atoms with E-state index in [4.69, 9.17) is 0 Å². The van der Waals surface area contributed by atoms with Gasteiger partial charge in [0, 0.05) is 20.5 Å². The van der Waals surface area contributed by atoms with E-state index in [1.807, 2.05) is 11.9 Å². The lowest BCUT2D eigenvalue weighted by molar-refractivity contribution is -0.129. The molecule has 0 aliphatic carbocycles. The molecule has 1 amide bonds. The molecule has 0 aliphatic heterocycles. The van der Waals surface area contributed by atoms with Crippen LogP contribution >= 0.6 is 0 Å². The second kappa shape index (κ2) is 6.54. The number of ketones is 1. The maximum absolute atomic E-state index is 11.3. The Bertz CT molecular complexity index is 202. The van der Waals surface area contributed by atoms with Crippen LogP contribution in [0.3, 0.4) is 0 Å². The first-order valence-electron chi connectivity index (χ1n) is 4.81. The van der Waals surface area contributed by atoms with Crippen LogP contribution in [0, 0.1) is 0 Å². The zero-order valence-corrected chi connectivity index (χ0v) is 9.54. The number of hydrogen-bond acceptors (Lipinski definition) is 3. The van der Waals surface area contributed by atoms with Gasteiger partial charge in [-0.2, -0.15) is 0 Å². The predicted molar refractivity (Wildman–Crippen MR) is 56.1 cm³/mol. The van der Waals surface area contributed by atoms with E-state index in [0.29, 0.717) is 13.0 Å². The minimum absolute atomic E-state index is 0.0929. The predicted octanol–water partition coefficient (Wildman–Crippen LogP) is 0.376. The van der Waals surface area contributed by atoms with Gasteiger partial charge in [-0.05, 0) is 26.9 Å². The highest BCUT2D eigenvalue weighted by Crippen LogP contribution is 1.94. The molecule has 0 unspecified atom stereocenters. The average molecular weight is 200 g/mol. The molecule has 0 fully saturated rings. The lowest BCUT2D eigenvalue weighted by Gasteiger charge is -2.18. The Hall–Kier alpha value is -0.900. The summed E-state index contributed by atoms with van der Waals surface area (Å²) in [6, 6.07) is 0. The number of nitrogens with zero attached hydrogens (tertiary/aromatic N) is 2. The van der Waals surface area contributed by atoms with E-state index >= 15 is 0 Å². The first-order chi connectivity index (χ1) is 6.43. The number of Topliss-reactive ketones (excluding diaryl/α,β-unsaturated/α-hetero) is 1. The molecule has 0 N–H and O–H groups in total. The molecule has 0 aromatic carbocycles. The molecule has 0 aromatic rings. The average Bonchev–Trinajstić information content (AvgIpc) is 2.02. The minimum atomic E-state index is 0.0929. The summed E-state index contributed by atoms with van der Waals surface area (Å²) in [6.07, 6.45) is 1.42. The van der Waals surface area contributed by atoms with E-state index < -0.39 is 0 Å². The van der Waals surface area contributed by atoms with Crippen molar-refractivity contribution in [2.45, 2.75) is 19.8 Å². The quantitative estimate of drug-likeness (QED) is 0.622. The van der Waals surface area contributed by atoms with Crippen molar-refractivity contribution >= 4 is 11.7 Å². The molecular weight excluding hydrogens is 180 g/mol. The van der Waals surface area contributed by atoms with Crippen LogP contribution in [0.5, 0.6) is 0 Å². The van der Waals surface area contributed by atoms with Crippen molar-refractivity contribution < 1.29 is 9.59 Å². The van der Waals surface area contributed by atoms with Gasteiger partial charge in [0.05, 0.1) is 6.54 Å². The minimum Gasteiger partial charge on any atom is -0.348 e. The Kier molecular flexibility index (Phi) is 6.12. The Morgan fingerprint density at radius 1 is 1.14 bits per heavy atom. The van der Waals surface area contributed by atoms with Gasteiger partial charge in [-0.25, -0.2) is 0 Å². The molecule has 0 aliphatic rings. The van der Waals surface area contributed by atoms with E-state index in [1.54, 1.807) is 25.9 Å². The number of amides is 1. The van der Waals surface area contributed by atoms with Gasteiger partial charge < -0.3 is 9.69 Å². The van der Waals surface area contributed by atoms with Crippen LogP contribution in [-0.2, 0) is 9.59 Å². The van der Waals surface area contributed by atoms with Gasteiger partial charge in [-0.3, -0.25) is 9.69 Å².